The first-order valence-corrected chi connectivity index (χ1v) is 9.45. The summed E-state index contributed by atoms with van der Waals surface area (Å²) in [7, 11) is -1.13. The van der Waals surface area contributed by atoms with Gasteiger partial charge in [-0.3, -0.25) is 0 Å². The van der Waals surface area contributed by atoms with Gasteiger partial charge in [-0.25, -0.2) is 0 Å². The Morgan fingerprint density at radius 3 is 1.55 bits per heavy atom. The monoisotopic (exact) mass is 348 g/mol. The van der Waals surface area contributed by atoms with Gasteiger partial charge in [0.2, 0.25) is 0 Å². The molecule has 106 valence electrons. The fourth-order valence-electron chi connectivity index (χ4n) is 3.23. The van der Waals surface area contributed by atoms with Crippen LogP contribution < -0.4 is 27.6 Å². The average Bonchev–Trinajstić information content (AvgIpc) is 2.50. The molecule has 0 aromatic heterocycles. The quantitative estimate of drug-likeness (QED) is 0.712. The minimum absolute atomic E-state index is 0. The Labute approximate surface area is 133 Å². The number of rotatable bonds is 2. The van der Waals surface area contributed by atoms with Gasteiger partial charge < -0.3 is 17.0 Å². The van der Waals surface area contributed by atoms with Crippen molar-refractivity contribution < 1.29 is 17.0 Å². The molecule has 0 radical (unpaired) electrons. The van der Waals surface area contributed by atoms with E-state index in [-0.39, 0.29) is 17.0 Å². The van der Waals surface area contributed by atoms with Crippen LogP contribution in [0.25, 0.3) is 0 Å². The Balaban J connectivity index is 0.00000147. The van der Waals surface area contributed by atoms with Crippen molar-refractivity contribution in [2.45, 2.75) is 19.8 Å². The molecular formula is C18H22BrP. The van der Waals surface area contributed by atoms with E-state index >= 15 is 0 Å². The van der Waals surface area contributed by atoms with Crippen molar-refractivity contribution in [3.63, 3.8) is 0 Å². The van der Waals surface area contributed by atoms with Crippen LogP contribution in [-0.4, -0.2) is 12.3 Å². The van der Waals surface area contributed by atoms with Crippen LogP contribution in [0.3, 0.4) is 0 Å². The molecule has 0 unspecified atom stereocenters. The number of hydrogen-bond donors (Lipinski definition) is 0. The van der Waals surface area contributed by atoms with Crippen molar-refractivity contribution >= 4 is 17.9 Å². The average molecular weight is 349 g/mol. The lowest BCUT2D eigenvalue weighted by Crippen LogP contribution is -3.00. The van der Waals surface area contributed by atoms with E-state index in [1.54, 1.807) is 10.6 Å². The lowest BCUT2D eigenvalue weighted by molar-refractivity contribution is -0.00000386. The second-order valence-corrected chi connectivity index (χ2v) is 9.63. The summed E-state index contributed by atoms with van der Waals surface area (Å²) in [5, 5.41) is 3.21. The zero-order valence-electron chi connectivity index (χ0n) is 12.0. The molecule has 0 amide bonds. The highest BCUT2D eigenvalue weighted by atomic mass is 79.9. The van der Waals surface area contributed by atoms with Gasteiger partial charge in [-0.15, -0.1) is 0 Å². The molecule has 1 saturated heterocycles. The molecule has 0 nitrogen and oxygen atoms in total. The third-order valence-corrected chi connectivity index (χ3v) is 9.12. The van der Waals surface area contributed by atoms with Crippen molar-refractivity contribution in [1.29, 1.82) is 0 Å². The fraction of sp³-hybridized carbons (Fsp3) is 0.333. The van der Waals surface area contributed by atoms with E-state index in [0.717, 1.165) is 5.92 Å². The standard InChI is InChI=1S/C18H22P.BrH/c1-16-12-14-19(15-13-16,17-8-4-2-5-9-17)18-10-6-3-7-11-18;/h2-11,16H,12-15H2,1H3;1H/q+1;/p-1. The maximum atomic E-state index is 2.41. The van der Waals surface area contributed by atoms with Gasteiger partial charge in [-0.05, 0) is 43.0 Å². The fourth-order valence-corrected chi connectivity index (χ4v) is 8.03. The van der Waals surface area contributed by atoms with E-state index in [9.17, 15) is 0 Å². The van der Waals surface area contributed by atoms with E-state index in [4.69, 9.17) is 0 Å². The summed E-state index contributed by atoms with van der Waals surface area (Å²) in [5.74, 6) is 0.903. The molecule has 3 rings (SSSR count). The molecule has 2 heteroatoms. The summed E-state index contributed by atoms with van der Waals surface area (Å²) >= 11 is 0. The van der Waals surface area contributed by atoms with Crippen LogP contribution in [0, 0.1) is 5.92 Å². The Hall–Kier alpha value is -0.650. The Morgan fingerprint density at radius 1 is 0.750 bits per heavy atom. The van der Waals surface area contributed by atoms with Crippen LogP contribution in [-0.2, 0) is 0 Å². The topological polar surface area (TPSA) is 0 Å². The summed E-state index contributed by atoms with van der Waals surface area (Å²) in [6, 6.07) is 22.5. The summed E-state index contributed by atoms with van der Waals surface area (Å²) in [6.45, 7) is 2.41. The molecule has 0 bridgehead atoms. The Morgan fingerprint density at radius 2 is 1.15 bits per heavy atom. The van der Waals surface area contributed by atoms with Gasteiger partial charge in [0.1, 0.15) is 0 Å². The maximum Gasteiger partial charge on any atom is 0.0991 e. The molecule has 1 aliphatic heterocycles. The zero-order valence-corrected chi connectivity index (χ0v) is 14.5. The second-order valence-electron chi connectivity index (χ2n) is 5.77. The predicted molar refractivity (Wildman–Crippen MR) is 87.2 cm³/mol. The van der Waals surface area contributed by atoms with Gasteiger partial charge >= 0.3 is 0 Å². The van der Waals surface area contributed by atoms with Crippen LogP contribution in [0.1, 0.15) is 19.8 Å². The van der Waals surface area contributed by atoms with Crippen molar-refractivity contribution in [3.05, 3.63) is 60.7 Å². The summed E-state index contributed by atoms with van der Waals surface area (Å²) in [5.41, 5.74) is 0. The third-order valence-electron chi connectivity index (χ3n) is 4.51. The third kappa shape index (κ3) is 3.00. The Kier molecular flexibility index (Phi) is 5.41. The van der Waals surface area contributed by atoms with Crippen LogP contribution >= 0.6 is 7.26 Å². The van der Waals surface area contributed by atoms with Crippen molar-refractivity contribution in [3.8, 4) is 0 Å². The van der Waals surface area contributed by atoms with Gasteiger partial charge in [0, 0.05) is 0 Å². The lowest BCUT2D eigenvalue weighted by atomic mass is 10.1. The van der Waals surface area contributed by atoms with Gasteiger partial charge in [0.15, 0.2) is 0 Å². The molecule has 0 atom stereocenters. The van der Waals surface area contributed by atoms with E-state index < -0.39 is 7.26 Å². The molecule has 0 saturated carbocycles. The summed E-state index contributed by atoms with van der Waals surface area (Å²) in [6.07, 6.45) is 5.56. The van der Waals surface area contributed by atoms with Crippen LogP contribution in [0.15, 0.2) is 60.7 Å². The number of halogens is 1. The highest BCUT2D eigenvalue weighted by molar-refractivity contribution is 7.89. The maximum absolute atomic E-state index is 2.41. The lowest BCUT2D eigenvalue weighted by Gasteiger charge is -2.33. The van der Waals surface area contributed by atoms with Crippen molar-refractivity contribution in [2.75, 3.05) is 12.3 Å². The molecule has 1 fully saturated rings. The van der Waals surface area contributed by atoms with Gasteiger partial charge in [0.05, 0.1) is 30.2 Å². The van der Waals surface area contributed by atoms with Crippen LogP contribution in [0.5, 0.6) is 0 Å². The summed E-state index contributed by atoms with van der Waals surface area (Å²) < 4.78 is 0. The van der Waals surface area contributed by atoms with Gasteiger partial charge in [0.25, 0.3) is 0 Å². The van der Waals surface area contributed by atoms with E-state index in [1.807, 2.05) is 0 Å². The second kappa shape index (κ2) is 6.87. The first-order valence-electron chi connectivity index (χ1n) is 7.29. The van der Waals surface area contributed by atoms with Gasteiger partial charge in [-0.1, -0.05) is 43.3 Å². The largest absolute Gasteiger partial charge is 1.00 e. The van der Waals surface area contributed by atoms with Crippen molar-refractivity contribution in [2.24, 2.45) is 5.92 Å². The zero-order chi connectivity index (χ0) is 13.1. The van der Waals surface area contributed by atoms with Crippen molar-refractivity contribution in [1.82, 2.24) is 0 Å². The minimum Gasteiger partial charge on any atom is -1.00 e. The minimum atomic E-state index is -1.13. The van der Waals surface area contributed by atoms with Crippen LogP contribution in [0.4, 0.5) is 0 Å². The predicted octanol–water partition coefficient (Wildman–Crippen LogP) is 1.09. The smallest absolute Gasteiger partial charge is 0.0991 e. The molecule has 0 spiro atoms. The summed E-state index contributed by atoms with van der Waals surface area (Å²) in [4.78, 5) is 0. The highest BCUT2D eigenvalue weighted by Crippen LogP contribution is 2.60. The molecular weight excluding hydrogens is 327 g/mol. The molecule has 2 aromatic carbocycles. The van der Waals surface area contributed by atoms with E-state index in [0.29, 0.717) is 0 Å². The SMILES string of the molecule is CC1CC[P+](c2ccccc2)(c2ccccc2)CC1.[Br-]. The molecule has 0 N–H and O–H groups in total. The first kappa shape index (κ1) is 15.7. The highest BCUT2D eigenvalue weighted by Gasteiger charge is 2.44. The molecule has 1 aliphatic rings. The van der Waals surface area contributed by atoms with E-state index in [2.05, 4.69) is 67.6 Å². The molecule has 20 heavy (non-hydrogen) atoms. The number of benzene rings is 2. The first-order chi connectivity index (χ1) is 9.31. The van der Waals surface area contributed by atoms with Crippen LogP contribution in [0.2, 0.25) is 0 Å². The molecule has 2 aromatic rings. The van der Waals surface area contributed by atoms with E-state index in [1.165, 1.54) is 25.2 Å². The Bertz CT molecular complexity index is 474. The molecule has 1 heterocycles. The number of hydrogen-bond acceptors (Lipinski definition) is 0. The molecule has 0 aliphatic carbocycles. The van der Waals surface area contributed by atoms with Gasteiger partial charge in [-0.2, -0.15) is 0 Å². The normalized spacial score (nSPS) is 18.2.